The number of esters is 1. The van der Waals surface area contributed by atoms with Crippen molar-refractivity contribution < 1.29 is 18.7 Å². The Labute approximate surface area is 177 Å². The Hall–Kier alpha value is -3.75. The second-order valence-corrected chi connectivity index (χ2v) is 7.24. The monoisotopic (exact) mass is 424 g/mol. The van der Waals surface area contributed by atoms with Gasteiger partial charge in [0.05, 0.1) is 5.39 Å². The van der Waals surface area contributed by atoms with Crippen molar-refractivity contribution in [1.29, 1.82) is 0 Å². The SMILES string of the molecule is Cn1nc(C(=O)OCC(=O)N2CCN(c3ccc(F)cc3)CC2)c2ccccc2c1=O. The lowest BCUT2D eigenvalue weighted by atomic mass is 10.1. The summed E-state index contributed by atoms with van der Waals surface area (Å²) in [4.78, 5) is 41.0. The molecule has 3 aromatic rings. The van der Waals surface area contributed by atoms with Crippen LogP contribution in [-0.2, 0) is 16.6 Å². The quantitative estimate of drug-likeness (QED) is 0.592. The predicted molar refractivity (Wildman–Crippen MR) is 112 cm³/mol. The van der Waals surface area contributed by atoms with E-state index in [2.05, 4.69) is 10.00 Å². The van der Waals surface area contributed by atoms with E-state index in [1.54, 1.807) is 41.3 Å². The second kappa shape index (κ2) is 8.55. The summed E-state index contributed by atoms with van der Waals surface area (Å²) in [6.07, 6.45) is 0. The Morgan fingerprint density at radius 2 is 1.65 bits per heavy atom. The number of benzene rings is 2. The molecule has 1 aromatic heterocycles. The summed E-state index contributed by atoms with van der Waals surface area (Å²) < 4.78 is 19.4. The molecule has 0 N–H and O–H groups in total. The van der Waals surface area contributed by atoms with Crippen molar-refractivity contribution in [3.8, 4) is 0 Å². The molecule has 0 atom stereocenters. The summed E-state index contributed by atoms with van der Waals surface area (Å²) >= 11 is 0. The molecule has 1 aliphatic rings. The molecule has 0 spiro atoms. The van der Waals surface area contributed by atoms with Crippen molar-refractivity contribution in [2.24, 2.45) is 7.05 Å². The molecule has 0 bridgehead atoms. The standard InChI is InChI=1S/C22H21FN4O4/c1-25-21(29)18-5-3-2-4-17(18)20(24-25)22(30)31-14-19(28)27-12-10-26(11-13-27)16-8-6-15(23)7-9-16/h2-9H,10-14H2,1H3. The van der Waals surface area contributed by atoms with E-state index in [1.165, 1.54) is 19.2 Å². The van der Waals surface area contributed by atoms with Crippen LogP contribution in [0.2, 0.25) is 0 Å². The molecule has 2 heterocycles. The Balaban J connectivity index is 1.37. The summed E-state index contributed by atoms with van der Waals surface area (Å²) in [5.74, 6) is -1.36. The third-order valence-electron chi connectivity index (χ3n) is 5.30. The molecule has 1 amide bonds. The summed E-state index contributed by atoms with van der Waals surface area (Å²) in [7, 11) is 1.46. The third-order valence-corrected chi connectivity index (χ3v) is 5.30. The van der Waals surface area contributed by atoms with Gasteiger partial charge in [-0.2, -0.15) is 5.10 Å². The number of aryl methyl sites for hydroxylation is 1. The van der Waals surface area contributed by atoms with Crippen LogP contribution in [0.1, 0.15) is 10.5 Å². The summed E-state index contributed by atoms with van der Waals surface area (Å²) in [5, 5.41) is 4.75. The molecule has 0 unspecified atom stereocenters. The third kappa shape index (κ3) is 4.25. The average molecular weight is 424 g/mol. The number of carbonyl (C=O) groups excluding carboxylic acids is 2. The highest BCUT2D eigenvalue weighted by Gasteiger charge is 2.24. The van der Waals surface area contributed by atoms with Crippen LogP contribution in [-0.4, -0.2) is 59.3 Å². The van der Waals surface area contributed by atoms with Crippen LogP contribution in [0.15, 0.2) is 53.3 Å². The molecule has 0 radical (unpaired) electrons. The molecule has 1 fully saturated rings. The number of nitrogens with zero attached hydrogens (tertiary/aromatic N) is 4. The van der Waals surface area contributed by atoms with Crippen molar-refractivity contribution in [3.63, 3.8) is 0 Å². The zero-order valence-electron chi connectivity index (χ0n) is 17.0. The molecule has 0 aliphatic carbocycles. The van der Waals surface area contributed by atoms with Crippen LogP contribution in [0.5, 0.6) is 0 Å². The van der Waals surface area contributed by atoms with Crippen molar-refractivity contribution in [3.05, 3.63) is 70.4 Å². The molecular formula is C22H21FN4O4. The molecule has 9 heteroatoms. The van der Waals surface area contributed by atoms with Gasteiger partial charge in [0.1, 0.15) is 5.82 Å². The number of anilines is 1. The Bertz CT molecular complexity index is 1180. The highest BCUT2D eigenvalue weighted by Crippen LogP contribution is 2.17. The van der Waals surface area contributed by atoms with Gasteiger partial charge in [-0.3, -0.25) is 9.59 Å². The first-order valence-electron chi connectivity index (χ1n) is 9.85. The van der Waals surface area contributed by atoms with Gasteiger partial charge >= 0.3 is 5.97 Å². The minimum Gasteiger partial charge on any atom is -0.451 e. The fraction of sp³-hybridized carbons (Fsp3) is 0.273. The molecular weight excluding hydrogens is 403 g/mol. The van der Waals surface area contributed by atoms with E-state index in [-0.39, 0.29) is 23.0 Å². The van der Waals surface area contributed by atoms with Gasteiger partial charge < -0.3 is 14.5 Å². The second-order valence-electron chi connectivity index (χ2n) is 7.24. The molecule has 4 rings (SSSR count). The van der Waals surface area contributed by atoms with E-state index in [1.807, 2.05) is 0 Å². The molecule has 31 heavy (non-hydrogen) atoms. The Morgan fingerprint density at radius 1 is 1.00 bits per heavy atom. The number of carbonyl (C=O) groups is 2. The summed E-state index contributed by atoms with van der Waals surface area (Å²) in [5.41, 5.74) is 0.571. The highest BCUT2D eigenvalue weighted by atomic mass is 19.1. The fourth-order valence-corrected chi connectivity index (χ4v) is 3.60. The Morgan fingerprint density at radius 3 is 2.32 bits per heavy atom. The maximum absolute atomic E-state index is 13.1. The number of aromatic nitrogens is 2. The van der Waals surface area contributed by atoms with Crippen LogP contribution in [0.4, 0.5) is 10.1 Å². The zero-order chi connectivity index (χ0) is 22.0. The molecule has 160 valence electrons. The van der Waals surface area contributed by atoms with Crippen LogP contribution in [0.3, 0.4) is 0 Å². The first-order chi connectivity index (χ1) is 14.9. The predicted octanol–water partition coefficient (Wildman–Crippen LogP) is 1.58. The van der Waals surface area contributed by atoms with E-state index < -0.39 is 12.6 Å². The maximum Gasteiger partial charge on any atom is 0.359 e. The van der Waals surface area contributed by atoms with Gasteiger partial charge in [0.2, 0.25) is 0 Å². The van der Waals surface area contributed by atoms with Gasteiger partial charge in [0.25, 0.3) is 11.5 Å². The van der Waals surface area contributed by atoms with E-state index in [9.17, 15) is 18.8 Å². The van der Waals surface area contributed by atoms with Crippen molar-refractivity contribution in [2.75, 3.05) is 37.7 Å². The number of amides is 1. The van der Waals surface area contributed by atoms with E-state index in [4.69, 9.17) is 4.74 Å². The van der Waals surface area contributed by atoms with Gasteiger partial charge in [-0.1, -0.05) is 18.2 Å². The highest BCUT2D eigenvalue weighted by molar-refractivity contribution is 6.02. The van der Waals surface area contributed by atoms with Crippen LogP contribution >= 0.6 is 0 Å². The lowest BCUT2D eigenvalue weighted by Crippen LogP contribution is -2.50. The van der Waals surface area contributed by atoms with Crippen LogP contribution < -0.4 is 10.5 Å². The van der Waals surface area contributed by atoms with Crippen LogP contribution in [0.25, 0.3) is 10.8 Å². The number of fused-ring (bicyclic) bond motifs is 1. The maximum atomic E-state index is 13.1. The molecule has 1 saturated heterocycles. The van der Waals surface area contributed by atoms with E-state index in [0.29, 0.717) is 37.0 Å². The summed E-state index contributed by atoms with van der Waals surface area (Å²) in [6.45, 7) is 1.72. The van der Waals surface area contributed by atoms with E-state index in [0.717, 1.165) is 10.4 Å². The first-order valence-corrected chi connectivity index (χ1v) is 9.85. The number of ether oxygens (including phenoxy) is 1. The van der Waals surface area contributed by atoms with E-state index >= 15 is 0 Å². The topological polar surface area (TPSA) is 84.7 Å². The van der Waals surface area contributed by atoms with Gasteiger partial charge in [-0.05, 0) is 30.3 Å². The first kappa shape index (κ1) is 20.5. The molecule has 2 aromatic carbocycles. The molecule has 0 saturated carbocycles. The normalized spacial score (nSPS) is 14.0. The largest absolute Gasteiger partial charge is 0.451 e. The van der Waals surface area contributed by atoms with Gasteiger partial charge in [-0.15, -0.1) is 0 Å². The van der Waals surface area contributed by atoms with Gasteiger partial charge in [0.15, 0.2) is 12.3 Å². The lowest BCUT2D eigenvalue weighted by Gasteiger charge is -2.36. The zero-order valence-corrected chi connectivity index (χ0v) is 17.0. The Kier molecular flexibility index (Phi) is 5.66. The minimum atomic E-state index is -0.759. The van der Waals surface area contributed by atoms with Gasteiger partial charge in [0, 0.05) is 44.3 Å². The average Bonchev–Trinajstić information content (AvgIpc) is 2.80. The fourth-order valence-electron chi connectivity index (χ4n) is 3.60. The number of rotatable bonds is 4. The van der Waals surface area contributed by atoms with Gasteiger partial charge in [-0.25, -0.2) is 13.9 Å². The number of halogens is 1. The summed E-state index contributed by atoms with van der Waals surface area (Å²) in [6, 6.07) is 12.9. The number of hydrogen-bond acceptors (Lipinski definition) is 6. The molecule has 8 nitrogen and oxygen atoms in total. The smallest absolute Gasteiger partial charge is 0.359 e. The minimum absolute atomic E-state index is 0.00775. The van der Waals surface area contributed by atoms with Crippen molar-refractivity contribution in [1.82, 2.24) is 14.7 Å². The van der Waals surface area contributed by atoms with Crippen molar-refractivity contribution >= 4 is 28.3 Å². The molecule has 1 aliphatic heterocycles. The number of hydrogen-bond donors (Lipinski definition) is 0. The lowest BCUT2D eigenvalue weighted by molar-refractivity contribution is -0.134. The van der Waals surface area contributed by atoms with Crippen molar-refractivity contribution in [2.45, 2.75) is 0 Å². The van der Waals surface area contributed by atoms with Crippen LogP contribution in [0, 0.1) is 5.82 Å². The number of piperazine rings is 1.